The monoisotopic (exact) mass is 470 g/mol. The van der Waals surface area contributed by atoms with Crippen LogP contribution < -0.4 is 4.90 Å². The van der Waals surface area contributed by atoms with E-state index in [-0.39, 0.29) is 31.3 Å². The van der Waals surface area contributed by atoms with E-state index in [1.807, 2.05) is 0 Å². The van der Waals surface area contributed by atoms with Crippen LogP contribution in [0.1, 0.15) is 30.5 Å². The van der Waals surface area contributed by atoms with Crippen LogP contribution >= 0.6 is 11.6 Å². The fraction of sp³-hybridized carbons (Fsp3) is 0.429. The Morgan fingerprint density at radius 1 is 1.22 bits per heavy atom. The Hall–Kier alpha value is -2.75. The molecule has 1 aliphatic carbocycles. The van der Waals surface area contributed by atoms with E-state index in [0.29, 0.717) is 35.3 Å². The number of hydrogen-bond donors (Lipinski definition) is 0. The maximum Gasteiger partial charge on any atom is 0.417 e. The van der Waals surface area contributed by atoms with E-state index in [0.717, 1.165) is 17.7 Å². The number of anilines is 1. The molecule has 1 atom stereocenters. The topological polar surface area (TPSA) is 66.4 Å². The molecule has 1 aliphatic heterocycles. The molecule has 2 aromatic heterocycles. The lowest BCUT2D eigenvalue weighted by atomic mass is 10.1. The standard InChI is InChI=1S/C21H19ClF4N4O2/c22-14-3-4-27-15(7-14)8-17(31)11-29-16(5-12-1-2-12)10-30(20(29)32)19-18(23)6-13(9-28-19)21(24,25)26/h3-4,6-7,9,12,16H,1-2,5,8,10-11H2/t16-/m0/s1. The quantitative estimate of drug-likeness (QED) is 0.558. The zero-order valence-corrected chi connectivity index (χ0v) is 17.5. The van der Waals surface area contributed by atoms with Gasteiger partial charge in [-0.2, -0.15) is 13.2 Å². The number of amides is 2. The summed E-state index contributed by atoms with van der Waals surface area (Å²) < 4.78 is 52.9. The van der Waals surface area contributed by atoms with Crippen LogP contribution in [-0.2, 0) is 17.4 Å². The van der Waals surface area contributed by atoms with E-state index in [2.05, 4.69) is 9.97 Å². The van der Waals surface area contributed by atoms with Crippen LogP contribution in [0.4, 0.5) is 28.2 Å². The van der Waals surface area contributed by atoms with Gasteiger partial charge in [0.25, 0.3) is 0 Å². The molecule has 0 spiro atoms. The smallest absolute Gasteiger partial charge is 0.312 e. The molecule has 1 saturated heterocycles. The van der Waals surface area contributed by atoms with Crippen molar-refractivity contribution in [2.75, 3.05) is 18.0 Å². The normalized spacial score (nSPS) is 19.0. The highest BCUT2D eigenvalue weighted by Gasteiger charge is 2.43. The molecule has 2 amide bonds. The van der Waals surface area contributed by atoms with Gasteiger partial charge in [-0.1, -0.05) is 24.4 Å². The van der Waals surface area contributed by atoms with E-state index in [9.17, 15) is 27.2 Å². The van der Waals surface area contributed by atoms with Crippen molar-refractivity contribution in [1.82, 2.24) is 14.9 Å². The fourth-order valence-corrected chi connectivity index (χ4v) is 3.97. The molecule has 0 bridgehead atoms. The zero-order chi connectivity index (χ0) is 23.0. The molecular weight excluding hydrogens is 452 g/mol. The summed E-state index contributed by atoms with van der Waals surface area (Å²) in [6.07, 6.45) is -0.163. The molecule has 2 aromatic rings. The summed E-state index contributed by atoms with van der Waals surface area (Å²) in [4.78, 5) is 35.7. The maximum absolute atomic E-state index is 14.5. The number of pyridine rings is 2. The summed E-state index contributed by atoms with van der Waals surface area (Å²) in [7, 11) is 0. The van der Waals surface area contributed by atoms with Crippen molar-refractivity contribution in [2.24, 2.45) is 5.92 Å². The predicted molar refractivity (Wildman–Crippen MR) is 108 cm³/mol. The van der Waals surface area contributed by atoms with Gasteiger partial charge in [-0.3, -0.25) is 14.7 Å². The molecule has 170 valence electrons. The molecule has 2 fully saturated rings. The van der Waals surface area contributed by atoms with Crippen LogP contribution in [0.5, 0.6) is 0 Å². The van der Waals surface area contributed by atoms with Crippen LogP contribution in [0.25, 0.3) is 0 Å². The van der Waals surface area contributed by atoms with E-state index in [1.54, 1.807) is 12.1 Å². The van der Waals surface area contributed by atoms with Crippen LogP contribution in [0, 0.1) is 11.7 Å². The minimum atomic E-state index is -4.75. The lowest BCUT2D eigenvalue weighted by molar-refractivity contribution is -0.138. The number of rotatable bonds is 7. The number of nitrogens with zero attached hydrogens (tertiary/aromatic N) is 4. The predicted octanol–water partition coefficient (Wildman–Crippen LogP) is 4.51. The Morgan fingerprint density at radius 3 is 2.59 bits per heavy atom. The Morgan fingerprint density at radius 2 is 1.97 bits per heavy atom. The second-order valence-corrected chi connectivity index (χ2v) is 8.50. The number of halogens is 5. The van der Waals surface area contributed by atoms with Crippen molar-refractivity contribution in [3.63, 3.8) is 0 Å². The van der Waals surface area contributed by atoms with Crippen molar-refractivity contribution in [3.8, 4) is 0 Å². The van der Waals surface area contributed by atoms with Gasteiger partial charge in [-0.15, -0.1) is 0 Å². The summed E-state index contributed by atoms with van der Waals surface area (Å²) in [5.41, 5.74) is -0.777. The van der Waals surface area contributed by atoms with Crippen LogP contribution in [0.2, 0.25) is 5.02 Å². The average Bonchev–Trinajstić information content (AvgIpc) is 3.47. The largest absolute Gasteiger partial charge is 0.417 e. The van der Waals surface area contributed by atoms with E-state index in [4.69, 9.17) is 11.6 Å². The molecular formula is C21H19ClF4N4O2. The highest BCUT2D eigenvalue weighted by Crippen LogP contribution is 2.38. The first kappa shape index (κ1) is 22.4. The summed E-state index contributed by atoms with van der Waals surface area (Å²) in [5, 5.41) is 0.432. The van der Waals surface area contributed by atoms with Gasteiger partial charge in [-0.05, 0) is 30.5 Å². The minimum absolute atomic E-state index is 0.0343. The Bertz CT molecular complexity index is 1040. The number of urea groups is 1. The number of Topliss-reactive ketones (excluding diaryl/α,β-unsaturated/α-hetero) is 1. The number of alkyl halides is 3. The third-order valence-corrected chi connectivity index (χ3v) is 5.76. The maximum atomic E-state index is 14.5. The molecule has 0 aromatic carbocycles. The first-order chi connectivity index (χ1) is 15.1. The number of carbonyl (C=O) groups is 2. The number of carbonyl (C=O) groups excluding carboxylic acids is 2. The Labute approximate surface area is 186 Å². The third kappa shape index (κ3) is 5.01. The van der Waals surface area contributed by atoms with Crippen LogP contribution in [-0.4, -0.2) is 45.8 Å². The van der Waals surface area contributed by atoms with E-state index < -0.39 is 29.4 Å². The van der Waals surface area contributed by atoms with Crippen molar-refractivity contribution < 1.29 is 27.2 Å². The summed E-state index contributed by atoms with van der Waals surface area (Å²) in [6, 6.07) is 2.43. The minimum Gasteiger partial charge on any atom is -0.312 e. The van der Waals surface area contributed by atoms with Gasteiger partial charge < -0.3 is 4.90 Å². The Balaban J connectivity index is 1.53. The lowest BCUT2D eigenvalue weighted by Gasteiger charge is -2.22. The molecule has 1 saturated carbocycles. The first-order valence-corrected chi connectivity index (χ1v) is 10.4. The van der Waals surface area contributed by atoms with Crippen molar-refractivity contribution in [3.05, 3.63) is 52.7 Å². The highest BCUT2D eigenvalue weighted by molar-refractivity contribution is 6.30. The lowest BCUT2D eigenvalue weighted by Crippen LogP contribution is -2.40. The van der Waals surface area contributed by atoms with E-state index >= 15 is 0 Å². The second-order valence-electron chi connectivity index (χ2n) is 8.06. The van der Waals surface area contributed by atoms with Gasteiger partial charge in [0.1, 0.15) is 0 Å². The molecule has 11 heteroatoms. The molecule has 0 N–H and O–H groups in total. The summed E-state index contributed by atoms with van der Waals surface area (Å²) in [6.45, 7) is -0.170. The van der Waals surface area contributed by atoms with Crippen LogP contribution in [0.15, 0.2) is 30.6 Å². The molecule has 0 unspecified atom stereocenters. The van der Waals surface area contributed by atoms with Gasteiger partial charge in [0.15, 0.2) is 17.4 Å². The van der Waals surface area contributed by atoms with Crippen molar-refractivity contribution in [2.45, 2.75) is 37.9 Å². The number of aromatic nitrogens is 2. The highest BCUT2D eigenvalue weighted by atomic mass is 35.5. The number of ketones is 1. The molecule has 6 nitrogen and oxygen atoms in total. The first-order valence-electron chi connectivity index (χ1n) is 10.0. The molecule has 4 rings (SSSR count). The molecule has 3 heterocycles. The van der Waals surface area contributed by atoms with Gasteiger partial charge in [0.2, 0.25) is 0 Å². The fourth-order valence-electron chi connectivity index (χ4n) is 3.79. The SMILES string of the molecule is O=C(Cc1cc(Cl)ccn1)CN1C(=O)N(c2ncc(C(F)(F)F)cc2F)C[C@@H]1CC1CC1. The molecule has 2 aliphatic rings. The van der Waals surface area contributed by atoms with Gasteiger partial charge in [-0.25, -0.2) is 14.2 Å². The molecule has 32 heavy (non-hydrogen) atoms. The van der Waals surface area contributed by atoms with Gasteiger partial charge in [0.05, 0.1) is 24.6 Å². The van der Waals surface area contributed by atoms with Gasteiger partial charge >= 0.3 is 12.2 Å². The van der Waals surface area contributed by atoms with Crippen molar-refractivity contribution >= 4 is 29.2 Å². The van der Waals surface area contributed by atoms with Crippen LogP contribution in [0.3, 0.4) is 0 Å². The van der Waals surface area contributed by atoms with Gasteiger partial charge in [0, 0.05) is 29.7 Å². The zero-order valence-electron chi connectivity index (χ0n) is 16.8. The van der Waals surface area contributed by atoms with E-state index in [1.165, 1.54) is 11.1 Å². The molecule has 0 radical (unpaired) electrons. The Kier molecular flexibility index (Phi) is 6.07. The summed E-state index contributed by atoms with van der Waals surface area (Å²) in [5.74, 6) is -1.59. The third-order valence-electron chi connectivity index (χ3n) is 5.52. The number of hydrogen-bond acceptors (Lipinski definition) is 4. The second kappa shape index (κ2) is 8.65. The average molecular weight is 471 g/mol. The summed E-state index contributed by atoms with van der Waals surface area (Å²) >= 11 is 5.91. The van der Waals surface area contributed by atoms with Crippen molar-refractivity contribution in [1.29, 1.82) is 0 Å².